The van der Waals surface area contributed by atoms with Crippen LogP contribution in [0.3, 0.4) is 0 Å². The maximum atomic E-state index is 5.52. The van der Waals surface area contributed by atoms with Crippen molar-refractivity contribution in [2.24, 2.45) is 0 Å². The minimum atomic E-state index is 0.724. The summed E-state index contributed by atoms with van der Waals surface area (Å²) in [6.45, 7) is 4.99. The van der Waals surface area contributed by atoms with Crippen LogP contribution in [0, 0.1) is 0 Å². The summed E-state index contributed by atoms with van der Waals surface area (Å²) < 4.78 is 5.52. The van der Waals surface area contributed by atoms with Gasteiger partial charge in [-0.05, 0) is 32.1 Å². The average molecular weight is 194 g/mol. The highest BCUT2D eigenvalue weighted by Crippen LogP contribution is 2.05. The molecule has 0 saturated carbocycles. The van der Waals surface area contributed by atoms with Gasteiger partial charge in [-0.1, -0.05) is 6.92 Å². The number of aromatic nitrogens is 1. The molecule has 0 aliphatic rings. The molecular formula is C11H18N2O. The lowest BCUT2D eigenvalue weighted by Crippen LogP contribution is -2.24. The summed E-state index contributed by atoms with van der Waals surface area (Å²) in [7, 11) is 2.11. The van der Waals surface area contributed by atoms with Gasteiger partial charge in [0.1, 0.15) is 12.4 Å². The molecule has 14 heavy (non-hydrogen) atoms. The Bertz CT molecular complexity index is 238. The molecule has 1 rings (SSSR count). The summed E-state index contributed by atoms with van der Waals surface area (Å²) in [6, 6.07) is 3.80. The zero-order valence-corrected chi connectivity index (χ0v) is 8.94. The van der Waals surface area contributed by atoms with Gasteiger partial charge in [0, 0.05) is 12.7 Å². The van der Waals surface area contributed by atoms with Crippen LogP contribution in [0.5, 0.6) is 5.75 Å². The number of rotatable bonds is 6. The number of ether oxygens (including phenoxy) is 1. The molecule has 0 saturated heterocycles. The molecular weight excluding hydrogens is 176 g/mol. The highest BCUT2D eigenvalue weighted by atomic mass is 16.5. The second kappa shape index (κ2) is 6.38. The number of likely N-dealkylation sites (N-methyl/N-ethyl adjacent to an activating group) is 1. The van der Waals surface area contributed by atoms with Crippen LogP contribution in [-0.2, 0) is 0 Å². The zero-order valence-electron chi connectivity index (χ0n) is 8.94. The smallest absolute Gasteiger partial charge is 0.137 e. The highest BCUT2D eigenvalue weighted by Gasteiger charge is 1.96. The molecule has 0 radical (unpaired) electrons. The van der Waals surface area contributed by atoms with Crippen LogP contribution < -0.4 is 4.74 Å². The van der Waals surface area contributed by atoms with Crippen molar-refractivity contribution in [3.63, 3.8) is 0 Å². The molecule has 0 unspecified atom stereocenters. The molecule has 1 heterocycles. The van der Waals surface area contributed by atoms with Gasteiger partial charge in [-0.25, -0.2) is 0 Å². The molecule has 0 aliphatic carbocycles. The maximum absolute atomic E-state index is 5.52. The normalized spacial score (nSPS) is 10.5. The summed E-state index contributed by atoms with van der Waals surface area (Å²) in [5.74, 6) is 0.845. The van der Waals surface area contributed by atoms with Gasteiger partial charge in [0.2, 0.25) is 0 Å². The predicted octanol–water partition coefficient (Wildman–Crippen LogP) is 1.80. The first-order chi connectivity index (χ1) is 6.83. The van der Waals surface area contributed by atoms with Gasteiger partial charge in [-0.2, -0.15) is 0 Å². The van der Waals surface area contributed by atoms with Crippen molar-refractivity contribution >= 4 is 0 Å². The third-order valence-electron chi connectivity index (χ3n) is 1.98. The van der Waals surface area contributed by atoms with Gasteiger partial charge in [-0.15, -0.1) is 0 Å². The first-order valence-corrected chi connectivity index (χ1v) is 5.04. The van der Waals surface area contributed by atoms with Gasteiger partial charge in [-0.3, -0.25) is 4.98 Å². The number of pyridine rings is 1. The van der Waals surface area contributed by atoms with Crippen molar-refractivity contribution < 1.29 is 4.74 Å². The summed E-state index contributed by atoms with van der Waals surface area (Å²) in [5, 5.41) is 0. The fraction of sp³-hybridized carbons (Fsp3) is 0.545. The SMILES string of the molecule is CCCN(C)CCOc1cccnc1. The van der Waals surface area contributed by atoms with Gasteiger partial charge in [0.05, 0.1) is 6.20 Å². The van der Waals surface area contributed by atoms with E-state index in [4.69, 9.17) is 4.74 Å². The van der Waals surface area contributed by atoms with Gasteiger partial charge >= 0.3 is 0 Å². The van der Waals surface area contributed by atoms with Crippen LogP contribution in [0.1, 0.15) is 13.3 Å². The van der Waals surface area contributed by atoms with Crippen molar-refractivity contribution in [2.75, 3.05) is 26.7 Å². The quantitative estimate of drug-likeness (QED) is 0.690. The maximum Gasteiger partial charge on any atom is 0.137 e. The summed E-state index contributed by atoms with van der Waals surface area (Å²) in [4.78, 5) is 6.24. The molecule has 0 atom stereocenters. The van der Waals surface area contributed by atoms with Crippen molar-refractivity contribution in [1.82, 2.24) is 9.88 Å². The third kappa shape index (κ3) is 4.23. The van der Waals surface area contributed by atoms with Crippen LogP contribution in [-0.4, -0.2) is 36.6 Å². The molecule has 0 aromatic carbocycles. The van der Waals surface area contributed by atoms with E-state index in [1.165, 1.54) is 6.42 Å². The van der Waals surface area contributed by atoms with Crippen molar-refractivity contribution in [3.05, 3.63) is 24.5 Å². The molecule has 3 nitrogen and oxygen atoms in total. The Morgan fingerprint density at radius 2 is 2.29 bits per heavy atom. The van der Waals surface area contributed by atoms with E-state index >= 15 is 0 Å². The molecule has 0 spiro atoms. The predicted molar refractivity (Wildman–Crippen MR) is 57.5 cm³/mol. The fourth-order valence-corrected chi connectivity index (χ4v) is 1.25. The number of nitrogens with zero attached hydrogens (tertiary/aromatic N) is 2. The van der Waals surface area contributed by atoms with E-state index in [0.29, 0.717) is 0 Å². The first kappa shape index (κ1) is 11.0. The molecule has 0 aliphatic heterocycles. The minimum absolute atomic E-state index is 0.724. The Morgan fingerprint density at radius 3 is 2.93 bits per heavy atom. The summed E-state index contributed by atoms with van der Waals surface area (Å²) >= 11 is 0. The van der Waals surface area contributed by atoms with Crippen molar-refractivity contribution in [1.29, 1.82) is 0 Å². The van der Waals surface area contributed by atoms with E-state index in [1.54, 1.807) is 12.4 Å². The van der Waals surface area contributed by atoms with E-state index in [0.717, 1.165) is 25.4 Å². The van der Waals surface area contributed by atoms with Crippen LogP contribution in [0.25, 0.3) is 0 Å². The lowest BCUT2D eigenvalue weighted by molar-refractivity contribution is 0.237. The number of hydrogen-bond donors (Lipinski definition) is 0. The van der Waals surface area contributed by atoms with Crippen LogP contribution in [0.15, 0.2) is 24.5 Å². The van der Waals surface area contributed by atoms with E-state index < -0.39 is 0 Å². The summed E-state index contributed by atoms with van der Waals surface area (Å²) in [5.41, 5.74) is 0. The molecule has 1 aromatic rings. The van der Waals surface area contributed by atoms with Gasteiger partial charge in [0.25, 0.3) is 0 Å². The molecule has 0 bridgehead atoms. The Kier molecular flexibility index (Phi) is 5.00. The second-order valence-corrected chi connectivity index (χ2v) is 3.34. The van der Waals surface area contributed by atoms with Gasteiger partial charge in [0.15, 0.2) is 0 Å². The number of hydrogen-bond acceptors (Lipinski definition) is 3. The van der Waals surface area contributed by atoms with Crippen molar-refractivity contribution in [3.8, 4) is 5.75 Å². The van der Waals surface area contributed by atoms with E-state index in [9.17, 15) is 0 Å². The molecule has 78 valence electrons. The monoisotopic (exact) mass is 194 g/mol. The van der Waals surface area contributed by atoms with Crippen molar-refractivity contribution in [2.45, 2.75) is 13.3 Å². The minimum Gasteiger partial charge on any atom is -0.491 e. The van der Waals surface area contributed by atoms with E-state index in [1.807, 2.05) is 12.1 Å². The Morgan fingerprint density at radius 1 is 1.43 bits per heavy atom. The topological polar surface area (TPSA) is 25.4 Å². The Balaban J connectivity index is 2.16. The molecule has 3 heteroatoms. The van der Waals surface area contributed by atoms with Crippen LogP contribution >= 0.6 is 0 Å². The lowest BCUT2D eigenvalue weighted by Gasteiger charge is -2.15. The molecule has 1 aromatic heterocycles. The second-order valence-electron chi connectivity index (χ2n) is 3.34. The average Bonchev–Trinajstić information content (AvgIpc) is 2.20. The zero-order chi connectivity index (χ0) is 10.2. The highest BCUT2D eigenvalue weighted by molar-refractivity contribution is 5.15. The largest absolute Gasteiger partial charge is 0.491 e. The Labute approximate surface area is 85.7 Å². The Hall–Kier alpha value is -1.09. The fourth-order valence-electron chi connectivity index (χ4n) is 1.25. The molecule has 0 fully saturated rings. The van der Waals surface area contributed by atoms with Gasteiger partial charge < -0.3 is 9.64 Å². The first-order valence-electron chi connectivity index (χ1n) is 5.04. The summed E-state index contributed by atoms with van der Waals surface area (Å²) in [6.07, 6.45) is 4.67. The van der Waals surface area contributed by atoms with Crippen LogP contribution in [0.4, 0.5) is 0 Å². The van der Waals surface area contributed by atoms with E-state index in [2.05, 4.69) is 23.9 Å². The standard InChI is InChI=1S/C11H18N2O/c1-3-7-13(2)8-9-14-11-5-4-6-12-10-11/h4-6,10H,3,7-9H2,1-2H3. The third-order valence-corrected chi connectivity index (χ3v) is 1.98. The van der Waals surface area contributed by atoms with E-state index in [-0.39, 0.29) is 0 Å². The molecule has 0 amide bonds. The molecule has 0 N–H and O–H groups in total. The van der Waals surface area contributed by atoms with Crippen LogP contribution in [0.2, 0.25) is 0 Å². The lowest BCUT2D eigenvalue weighted by atomic mass is 10.4.